The highest BCUT2D eigenvalue weighted by Crippen LogP contribution is 2.09. The maximum atomic E-state index is 5.82. The minimum absolute atomic E-state index is 0.0880. The van der Waals surface area contributed by atoms with Gasteiger partial charge in [-0.1, -0.05) is 0 Å². The van der Waals surface area contributed by atoms with Crippen molar-refractivity contribution in [1.82, 2.24) is 5.32 Å². The molecule has 0 amide bonds. The first-order valence-corrected chi connectivity index (χ1v) is 3.33. The quantitative estimate of drug-likeness (QED) is 0.470. The highest BCUT2D eigenvalue weighted by Gasteiger charge is 2.22. The molecule has 3 nitrogen and oxygen atoms in total. The van der Waals surface area contributed by atoms with Gasteiger partial charge in [0.05, 0.1) is 11.7 Å². The smallest absolute Gasteiger partial charge is 0.117 e. The van der Waals surface area contributed by atoms with E-state index in [0.29, 0.717) is 0 Å². The number of nitrogens with two attached hydrogens (primary N) is 1. The molecule has 0 aromatic heterocycles. The van der Waals surface area contributed by atoms with Crippen LogP contribution in [0, 0.1) is 0 Å². The van der Waals surface area contributed by atoms with Crippen molar-refractivity contribution >= 4 is 17.9 Å². The Morgan fingerprint density at radius 1 is 1.78 bits per heavy atom. The minimum Gasteiger partial charge on any atom is -0.372 e. The van der Waals surface area contributed by atoms with Crippen LogP contribution in [0.25, 0.3) is 0 Å². The van der Waals surface area contributed by atoms with Crippen LogP contribution in [0.1, 0.15) is 6.92 Å². The lowest BCUT2D eigenvalue weighted by atomic mass is 10.2. The van der Waals surface area contributed by atoms with Crippen LogP contribution in [0.15, 0.2) is 4.99 Å². The Bertz CT molecular complexity index is 125. The molecule has 3 atom stereocenters. The lowest BCUT2D eigenvalue weighted by Gasteiger charge is -2.25. The van der Waals surface area contributed by atoms with Gasteiger partial charge in [0.1, 0.15) is 6.17 Å². The molecule has 0 radical (unpaired) electrons. The van der Waals surface area contributed by atoms with Gasteiger partial charge in [0.2, 0.25) is 0 Å². The summed E-state index contributed by atoms with van der Waals surface area (Å²) < 4.78 is 0. The summed E-state index contributed by atoms with van der Waals surface area (Å²) in [4.78, 5) is 3.87. The second-order valence-corrected chi connectivity index (χ2v) is 2.67. The standard InChI is InChI=1S/C5H10ClN3/c1-3-4(6)5(7)9-2-8-3/h2-5H,7H2,1H3,(H,8,9)/t3-,4+,5-/m0/s1. The van der Waals surface area contributed by atoms with E-state index in [1.54, 1.807) is 6.34 Å². The van der Waals surface area contributed by atoms with Crippen molar-refractivity contribution in [2.24, 2.45) is 10.7 Å². The summed E-state index contributed by atoms with van der Waals surface area (Å²) in [7, 11) is 0. The van der Waals surface area contributed by atoms with Crippen LogP contribution in [-0.4, -0.2) is 23.9 Å². The molecule has 0 aromatic carbocycles. The van der Waals surface area contributed by atoms with E-state index in [2.05, 4.69) is 10.3 Å². The van der Waals surface area contributed by atoms with Crippen molar-refractivity contribution in [2.45, 2.75) is 24.5 Å². The molecule has 0 aromatic rings. The Balaban J connectivity index is 2.58. The fraction of sp³-hybridized carbons (Fsp3) is 0.800. The van der Waals surface area contributed by atoms with Crippen molar-refractivity contribution in [3.8, 4) is 0 Å². The zero-order valence-corrected chi connectivity index (χ0v) is 5.97. The average molecular weight is 148 g/mol. The second kappa shape index (κ2) is 2.54. The summed E-state index contributed by atoms with van der Waals surface area (Å²) in [6.07, 6.45) is 1.36. The molecule has 0 saturated heterocycles. The zero-order valence-electron chi connectivity index (χ0n) is 5.21. The minimum atomic E-state index is -0.247. The van der Waals surface area contributed by atoms with Crippen LogP contribution in [0.3, 0.4) is 0 Å². The Labute approximate surface area is 59.3 Å². The SMILES string of the molecule is C[C@@H]1NC=N[C@H](N)[C@@H]1Cl. The van der Waals surface area contributed by atoms with Crippen LogP contribution in [0.5, 0.6) is 0 Å². The molecule has 9 heavy (non-hydrogen) atoms. The van der Waals surface area contributed by atoms with Gasteiger partial charge >= 0.3 is 0 Å². The summed E-state index contributed by atoms with van der Waals surface area (Å²) >= 11 is 5.82. The first-order chi connectivity index (χ1) is 4.22. The van der Waals surface area contributed by atoms with Gasteiger partial charge in [-0.05, 0) is 6.92 Å². The average Bonchev–Trinajstić information content (AvgIpc) is 1.83. The van der Waals surface area contributed by atoms with Gasteiger partial charge in [-0.3, -0.25) is 4.99 Å². The van der Waals surface area contributed by atoms with E-state index in [9.17, 15) is 0 Å². The molecule has 1 heterocycles. The third kappa shape index (κ3) is 1.34. The molecule has 1 aliphatic heterocycles. The Hall–Kier alpha value is -0.280. The van der Waals surface area contributed by atoms with E-state index in [1.165, 1.54) is 0 Å². The van der Waals surface area contributed by atoms with Gasteiger partial charge in [-0.15, -0.1) is 11.6 Å². The van der Waals surface area contributed by atoms with Crippen LogP contribution >= 0.6 is 11.6 Å². The molecule has 0 saturated carbocycles. The molecular formula is C5H10ClN3. The van der Waals surface area contributed by atoms with Gasteiger partial charge in [-0.25, -0.2) is 0 Å². The highest BCUT2D eigenvalue weighted by atomic mass is 35.5. The molecule has 0 unspecified atom stereocenters. The van der Waals surface area contributed by atoms with E-state index in [0.717, 1.165) is 0 Å². The fourth-order valence-corrected chi connectivity index (χ4v) is 0.854. The molecule has 52 valence electrons. The normalized spacial score (nSPS) is 42.3. The van der Waals surface area contributed by atoms with Crippen LogP contribution < -0.4 is 11.1 Å². The predicted molar refractivity (Wildman–Crippen MR) is 38.7 cm³/mol. The third-order valence-corrected chi connectivity index (χ3v) is 2.02. The molecule has 0 bridgehead atoms. The van der Waals surface area contributed by atoms with Crippen molar-refractivity contribution in [2.75, 3.05) is 0 Å². The molecule has 4 heteroatoms. The molecule has 1 rings (SSSR count). The number of hydrogen-bond acceptors (Lipinski definition) is 3. The molecular weight excluding hydrogens is 138 g/mol. The van der Waals surface area contributed by atoms with Crippen molar-refractivity contribution in [1.29, 1.82) is 0 Å². The van der Waals surface area contributed by atoms with Crippen molar-refractivity contribution in [3.05, 3.63) is 0 Å². The number of hydrogen-bond donors (Lipinski definition) is 2. The summed E-state index contributed by atoms with van der Waals surface area (Å²) in [5, 5.41) is 2.87. The maximum Gasteiger partial charge on any atom is 0.117 e. The van der Waals surface area contributed by atoms with Gasteiger partial charge in [0.15, 0.2) is 0 Å². The number of nitrogens with one attached hydrogen (secondary N) is 1. The summed E-state index contributed by atoms with van der Waals surface area (Å²) in [5.41, 5.74) is 5.50. The van der Waals surface area contributed by atoms with E-state index in [1.807, 2.05) is 6.92 Å². The third-order valence-electron chi connectivity index (χ3n) is 1.39. The first-order valence-electron chi connectivity index (χ1n) is 2.89. The van der Waals surface area contributed by atoms with Gasteiger partial charge in [0.25, 0.3) is 0 Å². The van der Waals surface area contributed by atoms with E-state index >= 15 is 0 Å². The number of nitrogens with zero attached hydrogens (tertiary/aromatic N) is 1. The number of alkyl halides is 1. The summed E-state index contributed by atoms with van der Waals surface area (Å²) in [6, 6.07) is 0.221. The first kappa shape index (κ1) is 6.83. The zero-order chi connectivity index (χ0) is 6.85. The number of aliphatic imine (C=N–C) groups is 1. The summed E-state index contributed by atoms with van der Waals surface area (Å²) in [5.74, 6) is 0. The molecule has 0 spiro atoms. The van der Waals surface area contributed by atoms with E-state index in [4.69, 9.17) is 17.3 Å². The van der Waals surface area contributed by atoms with E-state index < -0.39 is 0 Å². The Morgan fingerprint density at radius 3 is 2.89 bits per heavy atom. The van der Waals surface area contributed by atoms with Gasteiger partial charge < -0.3 is 11.1 Å². The predicted octanol–water partition coefficient (Wildman–Crippen LogP) is -0.101. The maximum absolute atomic E-state index is 5.82. The Kier molecular flexibility index (Phi) is 1.93. The van der Waals surface area contributed by atoms with Crippen molar-refractivity contribution < 1.29 is 0 Å². The number of rotatable bonds is 0. The lowest BCUT2D eigenvalue weighted by molar-refractivity contribution is 0.515. The molecule has 1 aliphatic rings. The summed E-state index contributed by atoms with van der Waals surface area (Å²) in [6.45, 7) is 1.97. The van der Waals surface area contributed by atoms with Crippen molar-refractivity contribution in [3.63, 3.8) is 0 Å². The number of halogens is 1. The highest BCUT2D eigenvalue weighted by molar-refractivity contribution is 6.21. The topological polar surface area (TPSA) is 50.4 Å². The Morgan fingerprint density at radius 2 is 2.44 bits per heavy atom. The lowest BCUT2D eigenvalue weighted by Crippen LogP contribution is -2.47. The molecule has 3 N–H and O–H groups in total. The monoisotopic (exact) mass is 147 g/mol. The van der Waals surface area contributed by atoms with Crippen LogP contribution in [-0.2, 0) is 0 Å². The second-order valence-electron chi connectivity index (χ2n) is 2.17. The largest absolute Gasteiger partial charge is 0.372 e. The van der Waals surface area contributed by atoms with Gasteiger partial charge in [0, 0.05) is 6.04 Å². The fourth-order valence-electron chi connectivity index (χ4n) is 0.717. The van der Waals surface area contributed by atoms with E-state index in [-0.39, 0.29) is 17.6 Å². The van der Waals surface area contributed by atoms with Crippen LogP contribution in [0.4, 0.5) is 0 Å². The van der Waals surface area contributed by atoms with Crippen LogP contribution in [0.2, 0.25) is 0 Å². The molecule has 0 aliphatic carbocycles. The van der Waals surface area contributed by atoms with Gasteiger partial charge in [-0.2, -0.15) is 0 Å². The molecule has 0 fully saturated rings.